The van der Waals surface area contributed by atoms with Crippen LogP contribution in [0.2, 0.25) is 0 Å². The summed E-state index contributed by atoms with van der Waals surface area (Å²) in [7, 11) is 0. The smallest absolute Gasteiger partial charge is 0.191 e. The molecule has 0 saturated carbocycles. The van der Waals surface area contributed by atoms with Gasteiger partial charge in [-0.2, -0.15) is 0 Å². The van der Waals surface area contributed by atoms with Crippen molar-refractivity contribution in [1.29, 1.82) is 0 Å². The number of nitrogens with zero attached hydrogens (tertiary/aromatic N) is 3. The predicted octanol–water partition coefficient (Wildman–Crippen LogP) is 1.01. The molecule has 158 valence electrons. The van der Waals surface area contributed by atoms with Crippen LogP contribution in [-0.4, -0.2) is 101 Å². The second-order valence-corrected chi connectivity index (χ2v) is 7.70. The van der Waals surface area contributed by atoms with Crippen LogP contribution in [0.15, 0.2) is 4.99 Å². The zero-order valence-electron chi connectivity index (χ0n) is 17.7. The van der Waals surface area contributed by atoms with Crippen molar-refractivity contribution in [3.8, 4) is 0 Å². The predicted molar refractivity (Wildman–Crippen MR) is 111 cm³/mol. The monoisotopic (exact) mass is 383 g/mol. The van der Waals surface area contributed by atoms with Gasteiger partial charge in [0.2, 0.25) is 0 Å². The van der Waals surface area contributed by atoms with Crippen molar-refractivity contribution < 1.29 is 9.47 Å². The Labute approximate surface area is 165 Å². The Bertz CT molecular complexity index is 407. The molecule has 2 fully saturated rings. The van der Waals surface area contributed by atoms with Gasteiger partial charge in [-0.25, -0.2) is 0 Å². The third-order valence-corrected chi connectivity index (χ3v) is 5.24. The van der Waals surface area contributed by atoms with Gasteiger partial charge in [0.15, 0.2) is 5.96 Å². The van der Waals surface area contributed by atoms with Gasteiger partial charge in [-0.1, -0.05) is 13.8 Å². The van der Waals surface area contributed by atoms with Gasteiger partial charge in [-0.15, -0.1) is 0 Å². The normalized spacial score (nSPS) is 23.5. The average Bonchev–Trinajstić information content (AvgIpc) is 3.20. The molecule has 0 aliphatic carbocycles. The summed E-state index contributed by atoms with van der Waals surface area (Å²) >= 11 is 0. The van der Waals surface area contributed by atoms with Gasteiger partial charge < -0.3 is 29.9 Å². The Morgan fingerprint density at radius 2 is 1.96 bits per heavy atom. The maximum atomic E-state index is 5.81. The standard InChI is InChI=1S/C20H41N5O2/c1-4-21-20(22-8-6-13-27-19-7-14-26-17-19)23-15-18(3)16-25-11-9-24(5-2)10-12-25/h18-19H,4-17H2,1-3H3,(H2,21,22,23). The van der Waals surface area contributed by atoms with Gasteiger partial charge in [0.25, 0.3) is 0 Å². The fraction of sp³-hybridized carbons (Fsp3) is 0.950. The van der Waals surface area contributed by atoms with Crippen LogP contribution in [0.4, 0.5) is 0 Å². The molecule has 2 aliphatic heterocycles. The molecular formula is C20H41N5O2. The summed E-state index contributed by atoms with van der Waals surface area (Å²) in [6.07, 6.45) is 2.31. The molecule has 0 aromatic rings. The fourth-order valence-electron chi connectivity index (χ4n) is 3.55. The van der Waals surface area contributed by atoms with Crippen LogP contribution in [0.3, 0.4) is 0 Å². The van der Waals surface area contributed by atoms with Gasteiger partial charge in [-0.05, 0) is 32.2 Å². The zero-order chi connectivity index (χ0) is 19.3. The van der Waals surface area contributed by atoms with E-state index in [-0.39, 0.29) is 0 Å². The van der Waals surface area contributed by atoms with Gasteiger partial charge >= 0.3 is 0 Å². The maximum absolute atomic E-state index is 5.81. The SMILES string of the molecule is CCNC(=NCC(C)CN1CCN(CC)CC1)NCCCOC1CCOC1. The van der Waals surface area contributed by atoms with Crippen LogP contribution >= 0.6 is 0 Å². The number of guanidine groups is 1. The minimum atomic E-state index is 0.298. The van der Waals surface area contributed by atoms with Crippen LogP contribution in [0.1, 0.15) is 33.6 Å². The molecule has 0 aromatic carbocycles. The molecule has 2 rings (SSSR count). The van der Waals surface area contributed by atoms with Crippen LogP contribution < -0.4 is 10.6 Å². The first-order valence-electron chi connectivity index (χ1n) is 10.9. The highest BCUT2D eigenvalue weighted by Crippen LogP contribution is 2.08. The quantitative estimate of drug-likeness (QED) is 0.315. The van der Waals surface area contributed by atoms with Crippen LogP contribution in [-0.2, 0) is 9.47 Å². The molecule has 0 radical (unpaired) electrons. The van der Waals surface area contributed by atoms with Crippen molar-refractivity contribution in [2.75, 3.05) is 78.7 Å². The molecule has 7 nitrogen and oxygen atoms in total. The summed E-state index contributed by atoms with van der Waals surface area (Å²) < 4.78 is 11.1. The number of nitrogens with one attached hydrogen (secondary N) is 2. The van der Waals surface area contributed by atoms with Gasteiger partial charge in [0.05, 0.1) is 12.7 Å². The molecule has 0 bridgehead atoms. The van der Waals surface area contributed by atoms with Gasteiger partial charge in [0.1, 0.15) is 0 Å². The van der Waals surface area contributed by atoms with Crippen LogP contribution in [0, 0.1) is 5.92 Å². The molecular weight excluding hydrogens is 342 g/mol. The highest BCUT2D eigenvalue weighted by Gasteiger charge is 2.17. The van der Waals surface area contributed by atoms with Crippen molar-refractivity contribution >= 4 is 5.96 Å². The summed E-state index contributed by atoms with van der Waals surface area (Å²) in [6.45, 7) is 18.7. The molecule has 2 N–H and O–H groups in total. The highest BCUT2D eigenvalue weighted by atomic mass is 16.5. The zero-order valence-corrected chi connectivity index (χ0v) is 17.7. The largest absolute Gasteiger partial charge is 0.379 e. The Hall–Kier alpha value is -0.890. The van der Waals surface area contributed by atoms with E-state index in [2.05, 4.69) is 41.2 Å². The van der Waals surface area contributed by atoms with Crippen molar-refractivity contribution in [3.05, 3.63) is 0 Å². The topological polar surface area (TPSA) is 61.4 Å². The third-order valence-electron chi connectivity index (χ3n) is 5.24. The molecule has 2 heterocycles. The second kappa shape index (κ2) is 13.3. The maximum Gasteiger partial charge on any atom is 0.191 e. The first-order valence-corrected chi connectivity index (χ1v) is 10.9. The molecule has 2 atom stereocenters. The minimum Gasteiger partial charge on any atom is -0.379 e. The number of rotatable bonds is 11. The number of hydrogen-bond donors (Lipinski definition) is 2. The first kappa shape index (κ1) is 22.4. The lowest BCUT2D eigenvalue weighted by Gasteiger charge is -2.35. The highest BCUT2D eigenvalue weighted by molar-refractivity contribution is 5.79. The minimum absolute atomic E-state index is 0.298. The molecule has 2 saturated heterocycles. The number of piperazine rings is 1. The van der Waals surface area contributed by atoms with Gasteiger partial charge in [-0.3, -0.25) is 4.99 Å². The van der Waals surface area contributed by atoms with Crippen LogP contribution in [0.25, 0.3) is 0 Å². The number of likely N-dealkylation sites (N-methyl/N-ethyl adjacent to an activating group) is 1. The van der Waals surface area contributed by atoms with Gasteiger partial charge in [0, 0.05) is 65.6 Å². The lowest BCUT2D eigenvalue weighted by molar-refractivity contribution is 0.0420. The molecule has 7 heteroatoms. The number of ether oxygens (including phenoxy) is 2. The van der Waals surface area contributed by atoms with E-state index in [9.17, 15) is 0 Å². The summed E-state index contributed by atoms with van der Waals surface area (Å²) in [5.41, 5.74) is 0. The lowest BCUT2D eigenvalue weighted by atomic mass is 10.1. The molecule has 2 unspecified atom stereocenters. The number of hydrogen-bond acceptors (Lipinski definition) is 5. The van der Waals surface area contributed by atoms with E-state index >= 15 is 0 Å². The average molecular weight is 384 g/mol. The van der Waals surface area contributed by atoms with Crippen molar-refractivity contribution in [3.63, 3.8) is 0 Å². The van der Waals surface area contributed by atoms with Crippen LogP contribution in [0.5, 0.6) is 0 Å². The second-order valence-electron chi connectivity index (χ2n) is 7.70. The van der Waals surface area contributed by atoms with E-state index in [0.29, 0.717) is 12.0 Å². The first-order chi connectivity index (χ1) is 13.2. The Balaban J connectivity index is 1.59. The molecule has 0 aromatic heterocycles. The van der Waals surface area contributed by atoms with E-state index in [0.717, 1.165) is 64.8 Å². The summed E-state index contributed by atoms with van der Waals surface area (Å²) in [6, 6.07) is 0. The third kappa shape index (κ3) is 9.23. The Kier molecular flexibility index (Phi) is 11.0. The lowest BCUT2D eigenvalue weighted by Crippen LogP contribution is -2.47. The van der Waals surface area contributed by atoms with E-state index < -0.39 is 0 Å². The summed E-state index contributed by atoms with van der Waals surface area (Å²) in [5, 5.41) is 6.77. The van der Waals surface area contributed by atoms with E-state index in [1.807, 2.05) is 0 Å². The summed E-state index contributed by atoms with van der Waals surface area (Å²) in [4.78, 5) is 9.89. The Morgan fingerprint density at radius 1 is 1.19 bits per heavy atom. The van der Waals surface area contributed by atoms with Crippen molar-refractivity contribution in [2.24, 2.45) is 10.9 Å². The number of aliphatic imine (C=N–C) groups is 1. The van der Waals surface area contributed by atoms with Crippen molar-refractivity contribution in [1.82, 2.24) is 20.4 Å². The Morgan fingerprint density at radius 3 is 2.63 bits per heavy atom. The fourth-order valence-corrected chi connectivity index (χ4v) is 3.55. The van der Waals surface area contributed by atoms with E-state index in [1.54, 1.807) is 0 Å². The molecule has 0 spiro atoms. The van der Waals surface area contributed by atoms with Crippen molar-refractivity contribution in [2.45, 2.75) is 39.7 Å². The molecule has 2 aliphatic rings. The molecule has 0 amide bonds. The van der Waals surface area contributed by atoms with E-state index in [4.69, 9.17) is 14.5 Å². The molecule has 27 heavy (non-hydrogen) atoms. The summed E-state index contributed by atoms with van der Waals surface area (Å²) in [5.74, 6) is 1.49. The van der Waals surface area contributed by atoms with E-state index in [1.165, 1.54) is 32.7 Å².